The van der Waals surface area contributed by atoms with Crippen LogP contribution in [0, 0.1) is 17.2 Å². The quantitative estimate of drug-likeness (QED) is 0.623. The van der Waals surface area contributed by atoms with Gasteiger partial charge in [0.2, 0.25) is 0 Å². The molecule has 0 aromatic heterocycles. The third kappa shape index (κ3) is 3.79. The fourth-order valence-electron chi connectivity index (χ4n) is 2.95. The number of hydrogen-bond acceptors (Lipinski definition) is 6. The van der Waals surface area contributed by atoms with Gasteiger partial charge in [-0.25, -0.2) is 0 Å². The van der Waals surface area contributed by atoms with Crippen LogP contribution in [0.4, 0.5) is 0 Å². The third-order valence-electron chi connectivity index (χ3n) is 4.41. The summed E-state index contributed by atoms with van der Waals surface area (Å²) in [5.41, 5.74) is 6.90. The van der Waals surface area contributed by atoms with E-state index in [1.54, 1.807) is 0 Å². The lowest BCUT2D eigenvalue weighted by Crippen LogP contribution is -2.46. The average Bonchev–Trinajstić information content (AvgIpc) is 2.61. The van der Waals surface area contributed by atoms with Crippen molar-refractivity contribution in [2.45, 2.75) is 25.0 Å². The van der Waals surface area contributed by atoms with Crippen LogP contribution in [-0.2, 0) is 4.79 Å². The molecule has 0 spiro atoms. The minimum Gasteiger partial charge on any atom is -0.508 e. The van der Waals surface area contributed by atoms with Gasteiger partial charge in [0.25, 0.3) is 5.91 Å². The smallest absolute Gasteiger partial charge is 0.253 e. The highest BCUT2D eigenvalue weighted by Crippen LogP contribution is 2.36. The van der Waals surface area contributed by atoms with Gasteiger partial charge in [0, 0.05) is 24.7 Å². The number of rotatable bonds is 4. The Hall–Kier alpha value is -1.85. The van der Waals surface area contributed by atoms with Crippen molar-refractivity contribution in [2.75, 3.05) is 19.7 Å². The number of benzene rings is 1. The van der Waals surface area contributed by atoms with Crippen LogP contribution in [0.2, 0.25) is 5.02 Å². The van der Waals surface area contributed by atoms with Crippen LogP contribution in [0.3, 0.4) is 0 Å². The van der Waals surface area contributed by atoms with Gasteiger partial charge in [-0.2, -0.15) is 5.26 Å². The van der Waals surface area contributed by atoms with Gasteiger partial charge in [-0.15, -0.1) is 0 Å². The third-order valence-corrected chi connectivity index (χ3v) is 4.73. The lowest BCUT2D eigenvalue weighted by Gasteiger charge is -2.35. The van der Waals surface area contributed by atoms with Gasteiger partial charge in [-0.1, -0.05) is 11.6 Å². The number of likely N-dealkylation sites (tertiary alicyclic amines) is 1. The number of carbonyl (C=O) groups is 1. The maximum atomic E-state index is 11.8. The summed E-state index contributed by atoms with van der Waals surface area (Å²) in [5.74, 6) is -0.540. The zero-order chi connectivity index (χ0) is 17.9. The molecule has 1 aromatic carbocycles. The molecular weight excluding hydrogens is 334 g/mol. The average molecular weight is 354 g/mol. The number of halogens is 1. The van der Waals surface area contributed by atoms with E-state index >= 15 is 0 Å². The van der Waals surface area contributed by atoms with Crippen LogP contribution in [-0.4, -0.2) is 51.9 Å². The van der Waals surface area contributed by atoms with Gasteiger partial charge in [0.15, 0.2) is 6.10 Å². The number of aliphatic hydroxyl groups is 2. The summed E-state index contributed by atoms with van der Waals surface area (Å²) in [5, 5.41) is 37.5. The van der Waals surface area contributed by atoms with Gasteiger partial charge in [0.05, 0.1) is 17.2 Å². The minimum atomic E-state index is -1.39. The van der Waals surface area contributed by atoms with Crippen molar-refractivity contribution in [3.05, 3.63) is 28.3 Å². The summed E-state index contributed by atoms with van der Waals surface area (Å²) >= 11 is 6.01. The van der Waals surface area contributed by atoms with E-state index in [1.165, 1.54) is 17.0 Å². The van der Waals surface area contributed by atoms with E-state index < -0.39 is 24.7 Å². The molecule has 130 valence electrons. The molecule has 8 heteroatoms. The summed E-state index contributed by atoms with van der Waals surface area (Å²) < 4.78 is 0. The molecule has 2 rings (SSSR count). The van der Waals surface area contributed by atoms with Crippen molar-refractivity contribution >= 4 is 17.5 Å². The van der Waals surface area contributed by atoms with Crippen molar-refractivity contribution < 1.29 is 20.1 Å². The Kier molecular flexibility index (Phi) is 6.02. The Morgan fingerprint density at radius 1 is 1.46 bits per heavy atom. The van der Waals surface area contributed by atoms with Gasteiger partial charge >= 0.3 is 0 Å². The highest BCUT2D eigenvalue weighted by atomic mass is 35.5. The summed E-state index contributed by atoms with van der Waals surface area (Å²) in [6.07, 6.45) is -0.193. The van der Waals surface area contributed by atoms with Crippen molar-refractivity contribution in [3.8, 4) is 11.8 Å². The van der Waals surface area contributed by atoms with Gasteiger partial charge < -0.3 is 26.0 Å². The Balaban J connectivity index is 2.06. The number of nitriles is 1. The highest BCUT2D eigenvalue weighted by Gasteiger charge is 2.31. The summed E-state index contributed by atoms with van der Waals surface area (Å²) in [6, 6.07) is 4.22. The Labute approximate surface area is 144 Å². The van der Waals surface area contributed by atoms with Crippen LogP contribution in [0.25, 0.3) is 0 Å². The molecule has 0 bridgehead atoms. The van der Waals surface area contributed by atoms with Gasteiger partial charge in [-0.05, 0) is 30.9 Å². The molecule has 0 radical (unpaired) electrons. The molecule has 0 saturated carbocycles. The summed E-state index contributed by atoms with van der Waals surface area (Å²) in [7, 11) is 0. The van der Waals surface area contributed by atoms with E-state index in [0.29, 0.717) is 31.5 Å². The van der Waals surface area contributed by atoms with Crippen LogP contribution in [0.15, 0.2) is 12.1 Å². The van der Waals surface area contributed by atoms with Crippen molar-refractivity contribution in [3.63, 3.8) is 0 Å². The van der Waals surface area contributed by atoms with Gasteiger partial charge in [0.1, 0.15) is 11.8 Å². The maximum absolute atomic E-state index is 11.8. The number of aliphatic hydroxyl groups excluding tert-OH is 2. The predicted molar refractivity (Wildman–Crippen MR) is 87.2 cm³/mol. The molecule has 5 N–H and O–H groups in total. The second kappa shape index (κ2) is 7.81. The zero-order valence-electron chi connectivity index (χ0n) is 13.0. The molecule has 1 heterocycles. The normalized spacial score (nSPS) is 18.0. The molecule has 7 nitrogen and oxygen atoms in total. The van der Waals surface area contributed by atoms with Crippen LogP contribution in [0.5, 0.6) is 5.75 Å². The van der Waals surface area contributed by atoms with E-state index in [4.69, 9.17) is 27.7 Å². The molecule has 0 aliphatic carbocycles. The largest absolute Gasteiger partial charge is 0.508 e. The molecule has 1 amide bonds. The summed E-state index contributed by atoms with van der Waals surface area (Å²) in [6.45, 7) is 0.230. The Morgan fingerprint density at radius 3 is 2.62 bits per heavy atom. The number of hydrogen-bond donors (Lipinski definition) is 4. The SMILES string of the molecule is N#Cc1cc(O)c([C@H](N)C2CCN(C(=O)[C@H](O)CO)CC2)cc1Cl. The number of carbonyl (C=O) groups excluding carboxylic acids is 1. The van der Waals surface area contributed by atoms with Crippen LogP contribution >= 0.6 is 11.6 Å². The second-order valence-electron chi connectivity index (χ2n) is 5.89. The minimum absolute atomic E-state index is 0.0234. The van der Waals surface area contributed by atoms with Crippen molar-refractivity contribution in [1.29, 1.82) is 5.26 Å². The first-order valence-corrected chi connectivity index (χ1v) is 8.02. The van der Waals surface area contributed by atoms with E-state index in [2.05, 4.69) is 0 Å². The Bertz CT molecular complexity index is 653. The molecule has 1 saturated heterocycles. The van der Waals surface area contributed by atoms with Crippen molar-refractivity contribution in [1.82, 2.24) is 4.90 Å². The Morgan fingerprint density at radius 2 is 2.08 bits per heavy atom. The van der Waals surface area contributed by atoms with E-state index in [9.17, 15) is 15.0 Å². The number of nitrogens with two attached hydrogens (primary N) is 1. The fourth-order valence-corrected chi connectivity index (χ4v) is 3.17. The molecule has 24 heavy (non-hydrogen) atoms. The number of phenols is 1. The predicted octanol–water partition coefficient (Wildman–Crippen LogP) is 0.509. The standard InChI is InChI=1S/C16H20ClN3O4/c17-12-6-11(13(22)5-10(12)7-18)15(19)9-1-3-20(4-2-9)16(24)14(23)8-21/h5-6,9,14-15,21-23H,1-4,8,19H2/t14-,15-/m1/s1. The number of aromatic hydroxyl groups is 1. The van der Waals surface area contributed by atoms with Gasteiger partial charge in [-0.3, -0.25) is 4.79 Å². The first-order valence-electron chi connectivity index (χ1n) is 7.64. The lowest BCUT2D eigenvalue weighted by atomic mass is 9.85. The number of amides is 1. The fraction of sp³-hybridized carbons (Fsp3) is 0.500. The molecule has 1 aliphatic heterocycles. The second-order valence-corrected chi connectivity index (χ2v) is 6.30. The van der Waals surface area contributed by atoms with Crippen LogP contribution < -0.4 is 5.73 Å². The highest BCUT2D eigenvalue weighted by molar-refractivity contribution is 6.31. The first kappa shape index (κ1) is 18.5. The molecule has 1 aromatic rings. The molecule has 1 fully saturated rings. The molecule has 0 unspecified atom stereocenters. The lowest BCUT2D eigenvalue weighted by molar-refractivity contribution is -0.143. The van der Waals surface area contributed by atoms with E-state index in [1.807, 2.05) is 6.07 Å². The maximum Gasteiger partial charge on any atom is 0.253 e. The van der Waals surface area contributed by atoms with E-state index in [-0.39, 0.29) is 22.3 Å². The summed E-state index contributed by atoms with van der Waals surface area (Å²) in [4.78, 5) is 13.3. The number of phenolic OH excluding ortho intramolecular Hbond substituents is 1. The zero-order valence-corrected chi connectivity index (χ0v) is 13.8. The number of nitrogens with zero attached hydrogens (tertiary/aromatic N) is 2. The first-order chi connectivity index (χ1) is 11.4. The van der Waals surface area contributed by atoms with Crippen molar-refractivity contribution in [2.24, 2.45) is 11.7 Å². The molecule has 1 aliphatic rings. The van der Waals surface area contributed by atoms with E-state index in [0.717, 1.165) is 0 Å². The topological polar surface area (TPSA) is 131 Å². The molecule has 2 atom stereocenters. The molecular formula is C16H20ClN3O4. The monoisotopic (exact) mass is 353 g/mol. The van der Waals surface area contributed by atoms with Crippen LogP contribution in [0.1, 0.15) is 30.0 Å². The number of piperidine rings is 1.